The first-order valence-electron chi connectivity index (χ1n) is 34.4. The van der Waals surface area contributed by atoms with E-state index in [-0.39, 0.29) is 0 Å². The lowest BCUT2D eigenvalue weighted by molar-refractivity contribution is 1.52. The molecule has 0 amide bonds. The van der Waals surface area contributed by atoms with E-state index in [4.69, 9.17) is 0 Å². The first-order chi connectivity index (χ1) is 48.9. The fourth-order valence-electron chi connectivity index (χ4n) is 17.8. The van der Waals surface area contributed by atoms with Crippen LogP contribution >= 0.6 is 34.0 Å². The standard InChI is InChI=1S/3C31H22SSi/c1-21-11-10-17-26-29-27(32-30(21)26)20-19-25-24-16-8-9-18-28(24)33(31(25)29,22-12-4-2-5-13-22)23-14-6-3-7-15-23;1-21-16-18-27-26(20-21)30-28(32-27)19-17-25-24-14-8-9-15-29(24)33(31(25)30,22-10-4-2-5-11-22)23-12-6-3-7-13-23;1-21-16-17-26-28(20-21)32-27-19-18-25-24-14-8-9-15-29(24)33(31(25)30(26)27,22-10-4-2-5-11-22)23-12-6-3-7-13-23/h3*2-20H,1H3. The Bertz CT molecular complexity index is 5920. The van der Waals surface area contributed by atoms with Gasteiger partial charge < -0.3 is 0 Å². The number of hydrogen-bond donors (Lipinski definition) is 0. The summed E-state index contributed by atoms with van der Waals surface area (Å²) in [7, 11) is -7.44. The second kappa shape index (κ2) is 23.7. The van der Waals surface area contributed by atoms with Crippen LogP contribution in [0.3, 0.4) is 0 Å². The molecule has 21 rings (SSSR count). The van der Waals surface area contributed by atoms with Gasteiger partial charge in [0.05, 0.1) is 0 Å². The summed E-state index contributed by atoms with van der Waals surface area (Å²) in [5.74, 6) is 0. The van der Waals surface area contributed by atoms with E-state index >= 15 is 0 Å². The van der Waals surface area contributed by atoms with E-state index in [9.17, 15) is 0 Å². The molecule has 0 nitrogen and oxygen atoms in total. The van der Waals surface area contributed by atoms with Gasteiger partial charge in [0.25, 0.3) is 0 Å². The maximum absolute atomic E-state index is 2.48. The van der Waals surface area contributed by atoms with Crippen LogP contribution in [0, 0.1) is 20.8 Å². The maximum Gasteiger partial charge on any atom is 0.181 e. The summed E-state index contributed by atoms with van der Waals surface area (Å²) >= 11 is 5.81. The largest absolute Gasteiger partial charge is 0.181 e. The average molecular weight is 1360 g/mol. The molecule has 3 aliphatic rings. The summed E-state index contributed by atoms with van der Waals surface area (Å²) in [6.07, 6.45) is 0. The molecule has 3 aliphatic heterocycles. The average Bonchev–Trinajstić information content (AvgIpc) is 1.54. The molecule has 0 bridgehead atoms. The van der Waals surface area contributed by atoms with Crippen LogP contribution in [-0.4, -0.2) is 24.2 Å². The molecule has 6 heterocycles. The highest BCUT2D eigenvalue weighted by Crippen LogP contribution is 2.44. The van der Waals surface area contributed by atoms with Gasteiger partial charge in [0, 0.05) is 60.5 Å². The van der Waals surface area contributed by atoms with Gasteiger partial charge in [0.15, 0.2) is 24.2 Å². The first kappa shape index (κ1) is 59.8. The van der Waals surface area contributed by atoms with E-state index in [1.54, 1.807) is 15.6 Å². The van der Waals surface area contributed by atoms with Crippen molar-refractivity contribution in [3.8, 4) is 33.4 Å². The van der Waals surface area contributed by atoms with Gasteiger partial charge in [-0.3, -0.25) is 0 Å². The van der Waals surface area contributed by atoms with Crippen molar-refractivity contribution in [1.29, 1.82) is 0 Å². The summed E-state index contributed by atoms with van der Waals surface area (Å²) < 4.78 is 8.37. The minimum Gasteiger partial charge on any atom is -0.135 e. The zero-order chi connectivity index (χ0) is 66.0. The van der Waals surface area contributed by atoms with Gasteiger partial charge in [-0.2, -0.15) is 0 Å². The lowest BCUT2D eigenvalue weighted by Crippen LogP contribution is -2.72. The minimum atomic E-state index is -2.48. The molecule has 0 saturated heterocycles. The minimum absolute atomic E-state index is 1.32. The van der Waals surface area contributed by atoms with Crippen molar-refractivity contribution in [3.05, 3.63) is 362 Å². The fourth-order valence-corrected chi connectivity index (χ4v) is 37.8. The smallest absolute Gasteiger partial charge is 0.135 e. The molecular formula is C93H66S3Si3. The van der Waals surface area contributed by atoms with Crippen molar-refractivity contribution in [2.75, 3.05) is 0 Å². The molecule has 3 aromatic heterocycles. The maximum atomic E-state index is 2.40. The number of rotatable bonds is 6. The van der Waals surface area contributed by atoms with Crippen LogP contribution in [0.1, 0.15) is 16.7 Å². The molecule has 0 aliphatic carbocycles. The van der Waals surface area contributed by atoms with Gasteiger partial charge in [-0.05, 0) is 164 Å². The number of benzene rings is 15. The van der Waals surface area contributed by atoms with Crippen molar-refractivity contribution in [3.63, 3.8) is 0 Å². The second-order valence-corrected chi connectivity index (χ2v) is 41.2. The first-order valence-corrected chi connectivity index (χ1v) is 42.8. The van der Waals surface area contributed by atoms with Gasteiger partial charge in [-0.1, -0.05) is 315 Å². The second-order valence-electron chi connectivity index (χ2n) is 26.9. The van der Waals surface area contributed by atoms with Crippen molar-refractivity contribution < 1.29 is 0 Å². The summed E-state index contributed by atoms with van der Waals surface area (Å²) in [6, 6.07) is 130. The predicted molar refractivity (Wildman–Crippen MR) is 440 cm³/mol. The van der Waals surface area contributed by atoms with Crippen LogP contribution in [0.2, 0.25) is 0 Å². The van der Waals surface area contributed by atoms with Crippen LogP contribution < -0.4 is 62.2 Å². The third-order valence-corrected chi connectivity index (χ3v) is 40.0. The lowest BCUT2D eigenvalue weighted by atomic mass is 10.0. The number of thiophene rings is 3. The van der Waals surface area contributed by atoms with Crippen LogP contribution in [0.15, 0.2) is 346 Å². The highest BCUT2D eigenvalue weighted by atomic mass is 32.1. The molecule has 0 atom stereocenters. The van der Waals surface area contributed by atoms with Gasteiger partial charge in [0.1, 0.15) is 0 Å². The zero-order valence-corrected chi connectivity index (χ0v) is 60.6. The highest BCUT2D eigenvalue weighted by molar-refractivity contribution is 7.30. The Labute approximate surface area is 592 Å². The molecule has 0 unspecified atom stereocenters. The normalized spacial score (nSPS) is 13.8. The molecule has 0 radical (unpaired) electrons. The molecule has 0 N–H and O–H groups in total. The van der Waals surface area contributed by atoms with E-state index in [0.717, 1.165) is 0 Å². The van der Waals surface area contributed by atoms with Crippen molar-refractivity contribution in [1.82, 2.24) is 0 Å². The van der Waals surface area contributed by atoms with E-state index in [2.05, 4.69) is 367 Å². The van der Waals surface area contributed by atoms with Crippen molar-refractivity contribution in [2.45, 2.75) is 20.8 Å². The quantitative estimate of drug-likeness (QED) is 0.146. The van der Waals surface area contributed by atoms with E-state index < -0.39 is 24.2 Å². The predicted octanol–water partition coefficient (Wildman–Crippen LogP) is 17.2. The van der Waals surface area contributed by atoms with Gasteiger partial charge >= 0.3 is 0 Å². The Morgan fingerprint density at radius 2 is 0.535 bits per heavy atom. The molecule has 0 spiro atoms. The van der Waals surface area contributed by atoms with Crippen LogP contribution in [-0.2, 0) is 0 Å². The van der Waals surface area contributed by atoms with E-state index in [1.165, 1.54) is 157 Å². The molecule has 6 heteroatoms. The monoisotopic (exact) mass is 1360 g/mol. The summed E-state index contributed by atoms with van der Waals surface area (Å²) in [5, 5.41) is 26.6. The Morgan fingerprint density at radius 3 is 0.949 bits per heavy atom. The molecular weight excluding hydrogens is 1300 g/mol. The molecule has 15 aromatic carbocycles. The molecule has 468 valence electrons. The Morgan fingerprint density at radius 1 is 0.212 bits per heavy atom. The Hall–Kier alpha value is -10.4. The summed E-state index contributed by atoms with van der Waals surface area (Å²) in [6.45, 7) is 6.64. The SMILES string of the molecule is Cc1ccc2c(c1)sc1ccc3c(c12)[Si](c1ccccc1)(c1ccccc1)c1ccccc1-3.Cc1ccc2sc3ccc4c(c3c2c1)[Si](c1ccccc1)(c1ccccc1)c1ccccc1-4.Cc1cccc2c1sc1ccc3c(c12)[Si](c1ccccc1)(c1ccccc1)c1ccccc1-3. The highest BCUT2D eigenvalue weighted by Gasteiger charge is 2.53. The molecule has 0 saturated carbocycles. The van der Waals surface area contributed by atoms with Crippen molar-refractivity contribution >= 4 is 181 Å². The number of aryl methyl sites for hydroxylation is 3. The van der Waals surface area contributed by atoms with E-state index in [0.29, 0.717) is 0 Å². The third-order valence-electron chi connectivity index (χ3n) is 21.7. The lowest BCUT2D eigenvalue weighted by Gasteiger charge is -2.32. The zero-order valence-electron chi connectivity index (χ0n) is 55.1. The number of fused-ring (bicyclic) bond motifs is 21. The Kier molecular flexibility index (Phi) is 14.3. The Balaban J connectivity index is 0.000000104. The summed E-state index contributed by atoms with van der Waals surface area (Å²) in [4.78, 5) is 0. The van der Waals surface area contributed by atoms with Crippen molar-refractivity contribution in [2.24, 2.45) is 0 Å². The van der Waals surface area contributed by atoms with E-state index in [1.807, 2.05) is 34.0 Å². The topological polar surface area (TPSA) is 0 Å². The van der Waals surface area contributed by atoms with Crippen LogP contribution in [0.4, 0.5) is 0 Å². The summed E-state index contributed by atoms with van der Waals surface area (Å²) in [5.41, 5.74) is 12.5. The fraction of sp³-hybridized carbons (Fsp3) is 0.0323. The molecule has 99 heavy (non-hydrogen) atoms. The third kappa shape index (κ3) is 8.83. The van der Waals surface area contributed by atoms with Gasteiger partial charge in [0.2, 0.25) is 0 Å². The van der Waals surface area contributed by atoms with Gasteiger partial charge in [-0.25, -0.2) is 0 Å². The molecule has 18 aromatic rings. The van der Waals surface area contributed by atoms with Crippen LogP contribution in [0.5, 0.6) is 0 Å². The van der Waals surface area contributed by atoms with Gasteiger partial charge in [-0.15, -0.1) is 34.0 Å². The van der Waals surface area contributed by atoms with Crippen LogP contribution in [0.25, 0.3) is 93.9 Å². The number of hydrogen-bond acceptors (Lipinski definition) is 3. The molecule has 0 fully saturated rings.